The summed E-state index contributed by atoms with van der Waals surface area (Å²) in [6.07, 6.45) is 0. The normalized spacial score (nSPS) is 16.5. The first kappa shape index (κ1) is 13.4. The molecule has 0 aromatic heterocycles. The number of thioether (sulfide) groups is 1. The second-order valence-corrected chi connectivity index (χ2v) is 5.56. The number of nitrogens with one attached hydrogen (secondary N) is 1. The second-order valence-electron chi connectivity index (χ2n) is 4.33. The predicted molar refractivity (Wildman–Crippen MR) is 79.7 cm³/mol. The number of nitrogens with zero attached hydrogens (tertiary/aromatic N) is 1. The van der Waals surface area contributed by atoms with E-state index in [1.54, 1.807) is 7.11 Å². The molecule has 1 fully saturated rings. The van der Waals surface area contributed by atoms with Gasteiger partial charge in [0.25, 0.3) is 0 Å². The molecule has 5 heteroatoms. The van der Waals surface area contributed by atoms with Gasteiger partial charge < -0.3 is 15.8 Å². The van der Waals surface area contributed by atoms with E-state index in [1.165, 1.54) is 24.6 Å². The number of hydrogen-bond acceptors (Lipinski definition) is 5. The number of anilines is 2. The van der Waals surface area contributed by atoms with Crippen LogP contribution in [0.3, 0.4) is 0 Å². The van der Waals surface area contributed by atoms with Crippen LogP contribution in [0.1, 0.15) is 0 Å². The fraction of sp³-hybridized carbons (Fsp3) is 0.538. The Morgan fingerprint density at radius 3 is 2.89 bits per heavy atom. The standard InChI is InChI=1S/C13H21N3OS/c1-17-11-2-3-12(14)13(10-11)15-4-5-16-6-8-18-9-7-16/h2-3,10,15H,4-9,14H2,1H3. The summed E-state index contributed by atoms with van der Waals surface area (Å²) >= 11 is 2.04. The molecule has 1 aliphatic heterocycles. The number of nitrogens with two attached hydrogens (primary N) is 1. The van der Waals surface area contributed by atoms with Gasteiger partial charge in [0.1, 0.15) is 5.75 Å². The van der Waals surface area contributed by atoms with Crippen molar-refractivity contribution in [2.75, 3.05) is 55.8 Å². The van der Waals surface area contributed by atoms with Gasteiger partial charge in [-0.1, -0.05) is 0 Å². The molecular weight excluding hydrogens is 246 g/mol. The molecule has 0 radical (unpaired) electrons. The predicted octanol–water partition coefficient (Wildman–Crippen LogP) is 1.74. The summed E-state index contributed by atoms with van der Waals surface area (Å²) < 4.78 is 5.20. The average Bonchev–Trinajstić information content (AvgIpc) is 2.42. The fourth-order valence-corrected chi connectivity index (χ4v) is 2.97. The summed E-state index contributed by atoms with van der Waals surface area (Å²) in [6, 6.07) is 5.70. The Morgan fingerprint density at radius 1 is 1.39 bits per heavy atom. The van der Waals surface area contributed by atoms with E-state index in [9.17, 15) is 0 Å². The van der Waals surface area contributed by atoms with Crippen LogP contribution in [0.4, 0.5) is 11.4 Å². The van der Waals surface area contributed by atoms with Crippen molar-refractivity contribution in [3.63, 3.8) is 0 Å². The molecule has 1 aromatic rings. The van der Waals surface area contributed by atoms with E-state index in [0.717, 1.165) is 30.2 Å². The number of ether oxygens (including phenoxy) is 1. The maximum absolute atomic E-state index is 5.93. The number of nitrogen functional groups attached to an aromatic ring is 1. The summed E-state index contributed by atoms with van der Waals surface area (Å²) in [5, 5.41) is 3.38. The van der Waals surface area contributed by atoms with Gasteiger partial charge in [0.15, 0.2) is 0 Å². The molecule has 1 saturated heterocycles. The van der Waals surface area contributed by atoms with E-state index in [-0.39, 0.29) is 0 Å². The van der Waals surface area contributed by atoms with E-state index in [1.807, 2.05) is 30.0 Å². The lowest BCUT2D eigenvalue weighted by Gasteiger charge is -2.26. The molecule has 1 aliphatic rings. The van der Waals surface area contributed by atoms with Crippen LogP contribution in [0.5, 0.6) is 5.75 Å². The van der Waals surface area contributed by atoms with E-state index in [2.05, 4.69) is 10.2 Å². The molecule has 0 unspecified atom stereocenters. The van der Waals surface area contributed by atoms with Crippen molar-refractivity contribution in [3.8, 4) is 5.75 Å². The van der Waals surface area contributed by atoms with Crippen molar-refractivity contribution < 1.29 is 4.74 Å². The molecule has 100 valence electrons. The van der Waals surface area contributed by atoms with Crippen LogP contribution in [-0.2, 0) is 0 Å². The zero-order valence-corrected chi connectivity index (χ0v) is 11.6. The van der Waals surface area contributed by atoms with Crippen LogP contribution < -0.4 is 15.8 Å². The summed E-state index contributed by atoms with van der Waals surface area (Å²) in [6.45, 7) is 4.37. The van der Waals surface area contributed by atoms with Gasteiger partial charge in [-0.25, -0.2) is 0 Å². The molecule has 0 spiro atoms. The van der Waals surface area contributed by atoms with Gasteiger partial charge >= 0.3 is 0 Å². The highest BCUT2D eigenvalue weighted by Crippen LogP contribution is 2.24. The third kappa shape index (κ3) is 3.71. The third-order valence-corrected chi connectivity index (χ3v) is 4.05. The topological polar surface area (TPSA) is 50.5 Å². The molecule has 1 heterocycles. The molecule has 0 bridgehead atoms. The maximum atomic E-state index is 5.93. The Bertz CT molecular complexity index is 380. The van der Waals surface area contributed by atoms with Gasteiger partial charge in [0.05, 0.1) is 18.5 Å². The summed E-state index contributed by atoms with van der Waals surface area (Å²) in [5.41, 5.74) is 7.66. The van der Waals surface area contributed by atoms with Crippen molar-refractivity contribution in [1.82, 2.24) is 4.90 Å². The summed E-state index contributed by atoms with van der Waals surface area (Å²) in [7, 11) is 1.67. The zero-order valence-electron chi connectivity index (χ0n) is 10.8. The minimum atomic E-state index is 0.769. The van der Waals surface area contributed by atoms with Crippen LogP contribution in [-0.4, -0.2) is 49.7 Å². The number of hydrogen-bond donors (Lipinski definition) is 2. The lowest BCUT2D eigenvalue weighted by molar-refractivity contribution is 0.314. The van der Waals surface area contributed by atoms with Crippen molar-refractivity contribution in [1.29, 1.82) is 0 Å². The largest absolute Gasteiger partial charge is 0.497 e. The molecular formula is C13H21N3OS. The van der Waals surface area contributed by atoms with Crippen molar-refractivity contribution in [2.24, 2.45) is 0 Å². The van der Waals surface area contributed by atoms with E-state index in [0.29, 0.717) is 0 Å². The van der Waals surface area contributed by atoms with Gasteiger partial charge in [0, 0.05) is 43.8 Å². The molecule has 0 amide bonds. The minimum Gasteiger partial charge on any atom is -0.497 e. The Balaban J connectivity index is 1.81. The molecule has 0 aliphatic carbocycles. The van der Waals surface area contributed by atoms with Gasteiger partial charge in [0.2, 0.25) is 0 Å². The zero-order chi connectivity index (χ0) is 12.8. The molecule has 4 nitrogen and oxygen atoms in total. The van der Waals surface area contributed by atoms with E-state index >= 15 is 0 Å². The van der Waals surface area contributed by atoms with Crippen molar-refractivity contribution in [3.05, 3.63) is 18.2 Å². The first-order valence-corrected chi connectivity index (χ1v) is 7.42. The van der Waals surface area contributed by atoms with E-state index in [4.69, 9.17) is 10.5 Å². The lowest BCUT2D eigenvalue weighted by Crippen LogP contribution is -2.36. The Labute approximate surface area is 113 Å². The number of benzene rings is 1. The van der Waals surface area contributed by atoms with Crippen LogP contribution in [0.2, 0.25) is 0 Å². The van der Waals surface area contributed by atoms with Crippen LogP contribution in [0.25, 0.3) is 0 Å². The molecule has 2 rings (SSSR count). The van der Waals surface area contributed by atoms with Gasteiger partial charge in [-0.2, -0.15) is 11.8 Å². The average molecular weight is 267 g/mol. The van der Waals surface area contributed by atoms with Crippen LogP contribution >= 0.6 is 11.8 Å². The van der Waals surface area contributed by atoms with Crippen LogP contribution in [0, 0.1) is 0 Å². The SMILES string of the molecule is COc1ccc(N)c(NCCN2CCSCC2)c1. The first-order chi connectivity index (χ1) is 8.79. The smallest absolute Gasteiger partial charge is 0.121 e. The Kier molecular flexibility index (Phi) is 5.01. The summed E-state index contributed by atoms with van der Waals surface area (Å²) in [5.74, 6) is 3.34. The molecule has 1 aromatic carbocycles. The van der Waals surface area contributed by atoms with Crippen molar-refractivity contribution in [2.45, 2.75) is 0 Å². The second kappa shape index (κ2) is 6.75. The van der Waals surface area contributed by atoms with Gasteiger partial charge in [-0.05, 0) is 12.1 Å². The Hall–Kier alpha value is -1.07. The fourth-order valence-electron chi connectivity index (χ4n) is 1.99. The van der Waals surface area contributed by atoms with Crippen molar-refractivity contribution >= 4 is 23.1 Å². The van der Waals surface area contributed by atoms with Crippen LogP contribution in [0.15, 0.2) is 18.2 Å². The quantitative estimate of drug-likeness (QED) is 0.796. The van der Waals surface area contributed by atoms with Gasteiger partial charge in [-0.3, -0.25) is 4.90 Å². The highest BCUT2D eigenvalue weighted by molar-refractivity contribution is 7.99. The number of methoxy groups -OCH3 is 1. The molecule has 0 saturated carbocycles. The van der Waals surface area contributed by atoms with E-state index < -0.39 is 0 Å². The molecule has 3 N–H and O–H groups in total. The minimum absolute atomic E-state index is 0.769. The first-order valence-electron chi connectivity index (χ1n) is 6.27. The monoisotopic (exact) mass is 267 g/mol. The maximum Gasteiger partial charge on any atom is 0.121 e. The Morgan fingerprint density at radius 2 is 2.17 bits per heavy atom. The molecule has 0 atom stereocenters. The number of rotatable bonds is 5. The molecule has 18 heavy (non-hydrogen) atoms. The van der Waals surface area contributed by atoms with Gasteiger partial charge in [-0.15, -0.1) is 0 Å². The third-order valence-electron chi connectivity index (χ3n) is 3.11. The lowest BCUT2D eigenvalue weighted by atomic mass is 10.2. The highest BCUT2D eigenvalue weighted by atomic mass is 32.2. The summed E-state index contributed by atoms with van der Waals surface area (Å²) in [4.78, 5) is 2.49. The highest BCUT2D eigenvalue weighted by Gasteiger charge is 2.09.